The lowest BCUT2D eigenvalue weighted by Crippen LogP contribution is -1.99. The zero-order valence-electron chi connectivity index (χ0n) is 29.5. The maximum absolute atomic E-state index is 6.93. The summed E-state index contributed by atoms with van der Waals surface area (Å²) in [6.07, 6.45) is 5.93. The summed E-state index contributed by atoms with van der Waals surface area (Å²) >= 11 is 0. The second-order valence-corrected chi connectivity index (χ2v) is 13.9. The average molecular weight is 693 g/mol. The highest BCUT2D eigenvalue weighted by molar-refractivity contribution is 6.26. The van der Waals surface area contributed by atoms with E-state index in [2.05, 4.69) is 145 Å². The number of hydrogen-bond donors (Lipinski definition) is 0. The highest BCUT2D eigenvalue weighted by Crippen LogP contribution is 2.46. The van der Waals surface area contributed by atoms with Crippen LogP contribution in [0.4, 0.5) is 0 Å². The molecule has 0 bridgehead atoms. The lowest BCUT2D eigenvalue weighted by molar-refractivity contribution is 0.666. The molecular weight excluding hydrogens is 661 g/mol. The van der Waals surface area contributed by atoms with Crippen molar-refractivity contribution in [1.82, 2.24) is 9.55 Å². The molecule has 0 aliphatic heterocycles. The summed E-state index contributed by atoms with van der Waals surface area (Å²) in [5, 5.41) is 8.88. The predicted molar refractivity (Wildman–Crippen MR) is 225 cm³/mol. The number of rotatable bonds is 5. The van der Waals surface area contributed by atoms with Crippen molar-refractivity contribution in [2.75, 3.05) is 0 Å². The fourth-order valence-electron chi connectivity index (χ4n) is 8.54. The maximum atomic E-state index is 6.93. The van der Waals surface area contributed by atoms with Gasteiger partial charge in [0.2, 0.25) is 0 Å². The standard InChI is InChI=1S/C50H32N2O2/c1-3-4-17-33-30(2)51-48(31-15-6-5-7-16-31)40-29-43(50-47(46(33)40)38-20-10-13-25-45(38)54-50)52-41-23-11-8-18-35(41)39-28-32(26-27-42(39)52)34-21-14-22-37-36-19-9-12-24-44(36)53-49(34)37/h3-29H,1H2,2H3/b17-4-. The summed E-state index contributed by atoms with van der Waals surface area (Å²) in [7, 11) is 0. The Balaban J connectivity index is 1.27. The number of allylic oxidation sites excluding steroid dienone is 2. The minimum atomic E-state index is 0.834. The lowest BCUT2D eigenvalue weighted by Gasteiger charge is -2.17. The summed E-state index contributed by atoms with van der Waals surface area (Å²) in [5.41, 5.74) is 12.8. The van der Waals surface area contributed by atoms with Crippen molar-refractivity contribution in [3.63, 3.8) is 0 Å². The second kappa shape index (κ2) is 11.7. The van der Waals surface area contributed by atoms with E-state index >= 15 is 0 Å². The van der Waals surface area contributed by atoms with Gasteiger partial charge in [-0.25, -0.2) is 0 Å². The Bertz CT molecular complexity index is 3360. The van der Waals surface area contributed by atoms with Gasteiger partial charge in [0.1, 0.15) is 16.7 Å². The van der Waals surface area contributed by atoms with Crippen LogP contribution < -0.4 is 0 Å². The normalized spacial score (nSPS) is 12.2. The first-order valence-electron chi connectivity index (χ1n) is 18.3. The first-order valence-corrected chi connectivity index (χ1v) is 18.3. The minimum Gasteiger partial charge on any atom is -0.455 e. The molecule has 0 aliphatic rings. The van der Waals surface area contributed by atoms with E-state index in [1.54, 1.807) is 0 Å². The van der Waals surface area contributed by atoms with Gasteiger partial charge in [-0.1, -0.05) is 134 Å². The SMILES string of the molecule is C=C/C=C\c1c(C)nc(-c2ccccc2)c2cc(-n3c4ccccc4c4cc(-c5cccc6c5oc5ccccc56)ccc43)c3oc4ccccc4c3c12. The predicted octanol–water partition coefficient (Wildman–Crippen LogP) is 14.0. The van der Waals surface area contributed by atoms with Crippen LogP contribution >= 0.6 is 0 Å². The van der Waals surface area contributed by atoms with Crippen LogP contribution in [-0.4, -0.2) is 9.55 Å². The zero-order chi connectivity index (χ0) is 35.9. The van der Waals surface area contributed by atoms with E-state index in [1.807, 2.05) is 36.4 Å². The number of nitrogens with zero attached hydrogens (tertiary/aromatic N) is 2. The average Bonchev–Trinajstić information content (AvgIpc) is 3.90. The summed E-state index contributed by atoms with van der Waals surface area (Å²) < 4.78 is 15.8. The van der Waals surface area contributed by atoms with E-state index in [-0.39, 0.29) is 0 Å². The third-order valence-electron chi connectivity index (χ3n) is 10.9. The monoisotopic (exact) mass is 692 g/mol. The number of furan rings is 2. The molecule has 0 spiro atoms. The van der Waals surface area contributed by atoms with Crippen molar-refractivity contribution in [1.29, 1.82) is 0 Å². The number of hydrogen-bond acceptors (Lipinski definition) is 3. The third kappa shape index (κ3) is 4.34. The Morgan fingerprint density at radius 1 is 0.556 bits per heavy atom. The molecule has 0 amide bonds. The van der Waals surface area contributed by atoms with E-state index in [4.69, 9.17) is 13.8 Å². The van der Waals surface area contributed by atoms with Gasteiger partial charge in [-0.15, -0.1) is 0 Å². The van der Waals surface area contributed by atoms with Crippen molar-refractivity contribution < 1.29 is 8.83 Å². The van der Waals surface area contributed by atoms with Crippen molar-refractivity contribution in [3.8, 4) is 28.1 Å². The van der Waals surface area contributed by atoms with Gasteiger partial charge in [0.25, 0.3) is 0 Å². The molecule has 254 valence electrons. The molecule has 0 atom stereocenters. The summed E-state index contributed by atoms with van der Waals surface area (Å²) in [4.78, 5) is 5.29. The summed E-state index contributed by atoms with van der Waals surface area (Å²) in [5.74, 6) is 0. The molecule has 4 heteroatoms. The summed E-state index contributed by atoms with van der Waals surface area (Å²) in [6, 6.07) is 51.2. The highest BCUT2D eigenvalue weighted by atomic mass is 16.3. The Morgan fingerprint density at radius 3 is 2.07 bits per heavy atom. The third-order valence-corrected chi connectivity index (χ3v) is 10.9. The first-order chi connectivity index (χ1) is 26.7. The van der Waals surface area contributed by atoms with E-state index < -0.39 is 0 Å². The van der Waals surface area contributed by atoms with Crippen LogP contribution in [0.15, 0.2) is 173 Å². The topological polar surface area (TPSA) is 44.1 Å². The van der Waals surface area contributed by atoms with Crippen LogP contribution in [0.5, 0.6) is 0 Å². The van der Waals surface area contributed by atoms with Crippen LogP contribution in [0.25, 0.3) is 111 Å². The van der Waals surface area contributed by atoms with Crippen LogP contribution in [0, 0.1) is 6.92 Å². The zero-order valence-corrected chi connectivity index (χ0v) is 29.5. The van der Waals surface area contributed by atoms with Gasteiger partial charge in [0.05, 0.1) is 22.4 Å². The van der Waals surface area contributed by atoms with Gasteiger partial charge >= 0.3 is 0 Å². The van der Waals surface area contributed by atoms with Crippen molar-refractivity contribution in [3.05, 3.63) is 176 Å². The quantitative estimate of drug-likeness (QED) is 0.169. The molecule has 7 aromatic carbocycles. The molecule has 0 saturated carbocycles. The second-order valence-electron chi connectivity index (χ2n) is 13.9. The minimum absolute atomic E-state index is 0.834. The molecule has 54 heavy (non-hydrogen) atoms. The van der Waals surface area contributed by atoms with Crippen LogP contribution in [0.2, 0.25) is 0 Å². The van der Waals surface area contributed by atoms with Crippen molar-refractivity contribution in [2.24, 2.45) is 0 Å². The van der Waals surface area contributed by atoms with Gasteiger partial charge in [0, 0.05) is 65.5 Å². The van der Waals surface area contributed by atoms with Gasteiger partial charge < -0.3 is 13.4 Å². The van der Waals surface area contributed by atoms with E-state index in [0.29, 0.717) is 0 Å². The molecule has 4 heterocycles. The Kier molecular flexibility index (Phi) is 6.58. The van der Waals surface area contributed by atoms with Crippen LogP contribution in [0.3, 0.4) is 0 Å². The molecule has 0 unspecified atom stereocenters. The molecule has 11 rings (SSSR count). The number of fused-ring (bicyclic) bond motifs is 11. The lowest BCUT2D eigenvalue weighted by atomic mass is 9.93. The molecular formula is C50H32N2O2. The fourth-order valence-corrected chi connectivity index (χ4v) is 8.54. The van der Waals surface area contributed by atoms with E-state index in [0.717, 1.165) is 116 Å². The molecule has 0 N–H and O–H groups in total. The molecule has 0 saturated heterocycles. The Labute approximate surface area is 310 Å². The van der Waals surface area contributed by atoms with E-state index in [1.165, 1.54) is 0 Å². The maximum Gasteiger partial charge on any atom is 0.160 e. The number of aromatic nitrogens is 2. The Hall–Kier alpha value is -7.17. The number of aryl methyl sites for hydroxylation is 1. The smallest absolute Gasteiger partial charge is 0.160 e. The molecule has 0 radical (unpaired) electrons. The number of para-hydroxylation sites is 4. The molecule has 11 aromatic rings. The first kappa shape index (κ1) is 30.5. The number of benzene rings is 7. The van der Waals surface area contributed by atoms with Gasteiger partial charge in [-0.2, -0.15) is 0 Å². The van der Waals surface area contributed by atoms with Crippen molar-refractivity contribution >= 4 is 82.5 Å². The molecule has 4 aromatic heterocycles. The summed E-state index contributed by atoms with van der Waals surface area (Å²) in [6.45, 7) is 6.06. The fraction of sp³-hybridized carbons (Fsp3) is 0.0200. The van der Waals surface area contributed by atoms with Gasteiger partial charge in [-0.05, 0) is 48.9 Å². The molecule has 4 nitrogen and oxygen atoms in total. The van der Waals surface area contributed by atoms with Crippen LogP contribution in [-0.2, 0) is 0 Å². The number of pyridine rings is 1. The molecule has 0 fully saturated rings. The van der Waals surface area contributed by atoms with Crippen molar-refractivity contribution in [2.45, 2.75) is 6.92 Å². The Morgan fingerprint density at radius 2 is 1.24 bits per heavy atom. The van der Waals surface area contributed by atoms with Gasteiger partial charge in [-0.3, -0.25) is 4.98 Å². The van der Waals surface area contributed by atoms with Crippen LogP contribution in [0.1, 0.15) is 11.3 Å². The van der Waals surface area contributed by atoms with Gasteiger partial charge in [0.15, 0.2) is 5.58 Å². The largest absolute Gasteiger partial charge is 0.455 e. The van der Waals surface area contributed by atoms with E-state index in [9.17, 15) is 0 Å². The highest BCUT2D eigenvalue weighted by Gasteiger charge is 2.24. The molecule has 0 aliphatic carbocycles.